The number of para-hydroxylation sites is 1. The number of urea groups is 1. The lowest BCUT2D eigenvalue weighted by Crippen LogP contribution is -2.30. The summed E-state index contributed by atoms with van der Waals surface area (Å²) in [5, 5.41) is 13.5. The summed E-state index contributed by atoms with van der Waals surface area (Å²) in [6.07, 6.45) is 0.733. The second-order valence-electron chi connectivity index (χ2n) is 3.35. The van der Waals surface area contributed by atoms with Gasteiger partial charge in [-0.05, 0) is 18.6 Å². The van der Waals surface area contributed by atoms with Gasteiger partial charge in [0.1, 0.15) is 5.82 Å². The van der Waals surface area contributed by atoms with Crippen molar-refractivity contribution in [3.8, 4) is 0 Å². The molecule has 1 aromatic carbocycles. The van der Waals surface area contributed by atoms with Crippen molar-refractivity contribution in [1.82, 2.24) is 5.32 Å². The fraction of sp³-hybridized carbons (Fsp3) is 0.273. The largest absolute Gasteiger partial charge is 0.478 e. The summed E-state index contributed by atoms with van der Waals surface area (Å²) in [5.74, 6) is -2.08. The first-order valence-corrected chi connectivity index (χ1v) is 5.13. The highest BCUT2D eigenvalue weighted by Crippen LogP contribution is 2.19. The molecule has 0 atom stereocenters. The zero-order valence-electron chi connectivity index (χ0n) is 9.29. The molecule has 2 amide bonds. The SMILES string of the molecule is CCCNC(=O)Nc1c(F)cccc1C(=O)O. The van der Waals surface area contributed by atoms with Crippen LogP contribution in [-0.4, -0.2) is 23.7 Å². The maximum absolute atomic E-state index is 13.4. The molecule has 0 fully saturated rings. The van der Waals surface area contributed by atoms with Crippen molar-refractivity contribution in [3.63, 3.8) is 0 Å². The van der Waals surface area contributed by atoms with Crippen molar-refractivity contribution in [2.24, 2.45) is 0 Å². The van der Waals surface area contributed by atoms with Crippen LogP contribution in [0.2, 0.25) is 0 Å². The quantitative estimate of drug-likeness (QED) is 0.753. The van der Waals surface area contributed by atoms with Crippen molar-refractivity contribution >= 4 is 17.7 Å². The Morgan fingerprint density at radius 2 is 2.12 bits per heavy atom. The molecular weight excluding hydrogens is 227 g/mol. The maximum Gasteiger partial charge on any atom is 0.337 e. The Hall–Kier alpha value is -2.11. The number of carbonyl (C=O) groups excluding carboxylic acids is 1. The highest BCUT2D eigenvalue weighted by Gasteiger charge is 2.15. The van der Waals surface area contributed by atoms with Crippen LogP contribution in [0.15, 0.2) is 18.2 Å². The zero-order valence-corrected chi connectivity index (χ0v) is 9.29. The minimum atomic E-state index is -1.30. The van der Waals surface area contributed by atoms with Crippen molar-refractivity contribution < 1.29 is 19.1 Å². The standard InChI is InChI=1S/C11H13FN2O3/c1-2-6-13-11(17)14-9-7(10(15)16)4-3-5-8(9)12/h3-5H,2,6H2,1H3,(H,15,16)(H2,13,14,17). The molecule has 1 aromatic rings. The number of carboxylic acids is 1. The monoisotopic (exact) mass is 240 g/mol. The first-order chi connectivity index (χ1) is 8.06. The Morgan fingerprint density at radius 3 is 2.71 bits per heavy atom. The van der Waals surface area contributed by atoms with E-state index in [1.165, 1.54) is 12.1 Å². The lowest BCUT2D eigenvalue weighted by atomic mass is 10.1. The summed E-state index contributed by atoms with van der Waals surface area (Å²) in [7, 11) is 0. The first kappa shape index (κ1) is 13.0. The molecule has 0 spiro atoms. The van der Waals surface area contributed by atoms with Crippen LogP contribution in [0.1, 0.15) is 23.7 Å². The normalized spacial score (nSPS) is 9.76. The van der Waals surface area contributed by atoms with Gasteiger partial charge in [0.2, 0.25) is 0 Å². The van der Waals surface area contributed by atoms with Gasteiger partial charge in [-0.15, -0.1) is 0 Å². The van der Waals surface area contributed by atoms with Gasteiger partial charge in [-0.3, -0.25) is 0 Å². The summed E-state index contributed by atoms with van der Waals surface area (Å²) in [5.41, 5.74) is -0.606. The van der Waals surface area contributed by atoms with Crippen LogP contribution >= 0.6 is 0 Å². The molecule has 0 unspecified atom stereocenters. The Labute approximate surface area is 97.6 Å². The predicted molar refractivity (Wildman–Crippen MR) is 60.7 cm³/mol. The van der Waals surface area contributed by atoms with Gasteiger partial charge in [0.25, 0.3) is 0 Å². The Bertz CT molecular complexity index is 435. The first-order valence-electron chi connectivity index (χ1n) is 5.13. The Kier molecular flexibility index (Phi) is 4.45. The van der Waals surface area contributed by atoms with Gasteiger partial charge in [-0.25, -0.2) is 14.0 Å². The smallest absolute Gasteiger partial charge is 0.337 e. The number of aromatic carboxylic acids is 1. The number of carboxylic acid groups (broad SMARTS) is 1. The van der Waals surface area contributed by atoms with Crippen molar-refractivity contribution in [1.29, 1.82) is 0 Å². The molecule has 0 radical (unpaired) electrons. The lowest BCUT2D eigenvalue weighted by molar-refractivity contribution is 0.0697. The van der Waals surface area contributed by atoms with Gasteiger partial charge in [-0.1, -0.05) is 13.0 Å². The molecule has 0 aliphatic rings. The van der Waals surface area contributed by atoms with E-state index in [1.54, 1.807) is 0 Å². The molecular formula is C11H13FN2O3. The number of hydrogen-bond donors (Lipinski definition) is 3. The van der Waals surface area contributed by atoms with Crippen LogP contribution in [-0.2, 0) is 0 Å². The summed E-state index contributed by atoms with van der Waals surface area (Å²) >= 11 is 0. The van der Waals surface area contributed by atoms with Crippen LogP contribution in [0, 0.1) is 5.82 Å². The van der Waals surface area contributed by atoms with E-state index in [1.807, 2.05) is 6.92 Å². The van der Waals surface area contributed by atoms with Crippen molar-refractivity contribution in [2.45, 2.75) is 13.3 Å². The topological polar surface area (TPSA) is 78.4 Å². The van der Waals surface area contributed by atoms with E-state index >= 15 is 0 Å². The fourth-order valence-electron chi connectivity index (χ4n) is 1.23. The second kappa shape index (κ2) is 5.83. The van der Waals surface area contributed by atoms with E-state index < -0.39 is 17.8 Å². The summed E-state index contributed by atoms with van der Waals surface area (Å²) in [6, 6.07) is 2.95. The molecule has 6 heteroatoms. The third-order valence-electron chi connectivity index (χ3n) is 2.02. The minimum absolute atomic E-state index is 0.281. The van der Waals surface area contributed by atoms with Crippen LogP contribution in [0.5, 0.6) is 0 Å². The average Bonchev–Trinajstić information content (AvgIpc) is 2.28. The van der Waals surface area contributed by atoms with Crippen molar-refractivity contribution in [3.05, 3.63) is 29.6 Å². The van der Waals surface area contributed by atoms with Crippen LogP contribution in [0.3, 0.4) is 0 Å². The van der Waals surface area contributed by atoms with Gasteiger partial charge in [0.05, 0.1) is 11.3 Å². The summed E-state index contributed by atoms with van der Waals surface area (Å²) in [4.78, 5) is 22.1. The van der Waals surface area contributed by atoms with Gasteiger partial charge in [-0.2, -0.15) is 0 Å². The number of rotatable bonds is 4. The van der Waals surface area contributed by atoms with E-state index in [0.717, 1.165) is 12.5 Å². The number of nitrogens with one attached hydrogen (secondary N) is 2. The molecule has 0 saturated heterocycles. The van der Waals surface area contributed by atoms with E-state index in [-0.39, 0.29) is 11.3 Å². The summed E-state index contributed by atoms with van der Waals surface area (Å²) in [6.45, 7) is 2.30. The Morgan fingerprint density at radius 1 is 1.41 bits per heavy atom. The number of anilines is 1. The van der Waals surface area contributed by atoms with E-state index in [9.17, 15) is 14.0 Å². The maximum atomic E-state index is 13.4. The average molecular weight is 240 g/mol. The number of carbonyl (C=O) groups is 2. The van der Waals surface area contributed by atoms with Crippen LogP contribution < -0.4 is 10.6 Å². The van der Waals surface area contributed by atoms with E-state index in [0.29, 0.717) is 6.54 Å². The third-order valence-corrected chi connectivity index (χ3v) is 2.02. The van der Waals surface area contributed by atoms with Gasteiger partial charge in [0.15, 0.2) is 0 Å². The molecule has 0 heterocycles. The predicted octanol–water partition coefficient (Wildman–Crippen LogP) is 2.06. The number of hydrogen-bond acceptors (Lipinski definition) is 2. The number of benzene rings is 1. The molecule has 5 nitrogen and oxygen atoms in total. The van der Waals surface area contributed by atoms with Gasteiger partial charge in [0, 0.05) is 6.54 Å². The van der Waals surface area contributed by atoms with E-state index in [2.05, 4.69) is 10.6 Å². The molecule has 0 saturated carbocycles. The third kappa shape index (κ3) is 3.44. The van der Waals surface area contributed by atoms with Crippen LogP contribution in [0.25, 0.3) is 0 Å². The van der Waals surface area contributed by atoms with Crippen LogP contribution in [0.4, 0.5) is 14.9 Å². The van der Waals surface area contributed by atoms with Gasteiger partial charge >= 0.3 is 12.0 Å². The molecule has 0 aliphatic heterocycles. The highest BCUT2D eigenvalue weighted by atomic mass is 19.1. The Balaban J connectivity index is 2.89. The molecule has 0 bridgehead atoms. The second-order valence-corrected chi connectivity index (χ2v) is 3.35. The van der Waals surface area contributed by atoms with E-state index in [4.69, 9.17) is 5.11 Å². The van der Waals surface area contributed by atoms with Crippen molar-refractivity contribution in [2.75, 3.05) is 11.9 Å². The molecule has 0 aromatic heterocycles. The molecule has 17 heavy (non-hydrogen) atoms. The highest BCUT2D eigenvalue weighted by molar-refractivity contribution is 6.00. The fourth-order valence-corrected chi connectivity index (χ4v) is 1.23. The zero-order chi connectivity index (χ0) is 12.8. The van der Waals surface area contributed by atoms with Gasteiger partial charge < -0.3 is 15.7 Å². The molecule has 92 valence electrons. The molecule has 3 N–H and O–H groups in total. The number of amides is 2. The molecule has 0 aliphatic carbocycles. The molecule has 1 rings (SSSR count). The minimum Gasteiger partial charge on any atom is -0.478 e. The summed E-state index contributed by atoms with van der Waals surface area (Å²) < 4.78 is 13.4. The number of halogens is 1. The lowest BCUT2D eigenvalue weighted by Gasteiger charge is -2.10.